The van der Waals surface area contributed by atoms with Gasteiger partial charge < -0.3 is 0 Å². The van der Waals surface area contributed by atoms with Gasteiger partial charge in [0, 0.05) is 21.8 Å². The summed E-state index contributed by atoms with van der Waals surface area (Å²) in [7, 11) is -1.74. The fourth-order valence-electron chi connectivity index (χ4n) is 0.322. The van der Waals surface area contributed by atoms with E-state index in [4.69, 9.17) is 0 Å². The number of hydrogen-bond acceptors (Lipinski definition) is 2. The molecule has 0 radical (unpaired) electrons. The minimum atomic E-state index is -1.74. The van der Waals surface area contributed by atoms with E-state index in [9.17, 15) is 9.00 Å². The van der Waals surface area contributed by atoms with E-state index in [2.05, 4.69) is 4.36 Å². The van der Waals surface area contributed by atoms with Crippen molar-refractivity contribution in [2.75, 3.05) is 0 Å². The Bertz CT molecular complexity index is 221. The highest BCUT2D eigenvalue weighted by molar-refractivity contribution is 7.76. The summed E-state index contributed by atoms with van der Waals surface area (Å²) in [5.41, 5.74) is 0. The lowest BCUT2D eigenvalue weighted by atomic mass is 10.3. The number of rotatable bonds is 1. The molecule has 4 heteroatoms. The van der Waals surface area contributed by atoms with Gasteiger partial charge in [-0.25, -0.2) is 0 Å². The van der Waals surface area contributed by atoms with Crippen molar-refractivity contribution in [3.05, 3.63) is 0 Å². The maximum Gasteiger partial charge on any atom is 0.253 e. The Morgan fingerprint density at radius 2 is 1.91 bits per heavy atom. The lowest BCUT2D eigenvalue weighted by Gasteiger charge is -2.10. The summed E-state index contributed by atoms with van der Waals surface area (Å²) in [6, 6.07) is 0. The first kappa shape index (κ1) is 10.6. The van der Waals surface area contributed by atoms with Crippen molar-refractivity contribution in [2.45, 2.75) is 38.9 Å². The zero-order chi connectivity index (χ0) is 9.07. The Balaban J connectivity index is 4.49. The molecule has 1 atom stereocenters. The largest absolute Gasteiger partial charge is 0.272 e. The summed E-state index contributed by atoms with van der Waals surface area (Å²) in [6.07, 6.45) is 0.331. The van der Waals surface area contributed by atoms with E-state index in [1.165, 1.54) is 0 Å². The summed E-state index contributed by atoms with van der Waals surface area (Å²) < 4.78 is 14.3. The van der Waals surface area contributed by atoms with E-state index in [0.717, 1.165) is 0 Å². The summed E-state index contributed by atoms with van der Waals surface area (Å²) in [6.45, 7) is 7.12. The normalized spacial score (nSPS) is 14.9. The van der Waals surface area contributed by atoms with Crippen molar-refractivity contribution in [1.29, 1.82) is 0 Å². The lowest BCUT2D eigenvalue weighted by Crippen LogP contribution is -2.16. The highest BCUT2D eigenvalue weighted by atomic mass is 32.2. The molecule has 0 fully saturated rings. The monoisotopic (exact) mass is 177 g/mol. The van der Waals surface area contributed by atoms with Crippen LogP contribution in [0.3, 0.4) is 0 Å². The first-order valence-corrected chi connectivity index (χ1v) is 4.81. The molecule has 3 nitrogen and oxygen atoms in total. The first-order chi connectivity index (χ1) is 4.88. The van der Waals surface area contributed by atoms with Crippen LogP contribution in [-0.2, 0) is 15.4 Å². The topological polar surface area (TPSA) is 46.5 Å². The number of hydrogen-bond donors (Lipinski definition) is 1. The Morgan fingerprint density at radius 3 is 2.18 bits per heavy atom. The van der Waals surface area contributed by atoms with E-state index in [1.54, 1.807) is 27.7 Å². The van der Waals surface area contributed by atoms with E-state index in [1.807, 2.05) is 0 Å². The van der Waals surface area contributed by atoms with Crippen molar-refractivity contribution in [3.8, 4) is 0 Å². The van der Waals surface area contributed by atoms with E-state index < -0.39 is 10.6 Å². The number of nitrogens with zero attached hydrogens (tertiary/aromatic N) is 1. The molecular weight excluding hydrogens is 162 g/mol. The average Bonchev–Trinajstić information content (AvgIpc) is 1.85. The third kappa shape index (κ3) is 4.14. The summed E-state index contributed by atoms with van der Waals surface area (Å²) in [5, 5.41) is 0. The van der Waals surface area contributed by atoms with Crippen LogP contribution in [0.15, 0.2) is 4.36 Å². The molecule has 0 saturated heterocycles. The van der Waals surface area contributed by atoms with Crippen molar-refractivity contribution in [1.82, 2.24) is 0 Å². The fourth-order valence-corrected chi connectivity index (χ4v) is 0.966. The van der Waals surface area contributed by atoms with Gasteiger partial charge in [-0.2, -0.15) is 4.36 Å². The van der Waals surface area contributed by atoms with Gasteiger partial charge in [-0.15, -0.1) is 0 Å². The smallest absolute Gasteiger partial charge is 0.253 e. The molecule has 0 saturated carbocycles. The number of amides is 1. The molecule has 0 aliphatic heterocycles. The van der Waals surface area contributed by atoms with Gasteiger partial charge in [-0.1, -0.05) is 6.92 Å². The molecule has 0 N–H and O–H groups in total. The highest BCUT2D eigenvalue weighted by Crippen LogP contribution is 2.07. The van der Waals surface area contributed by atoms with Crippen molar-refractivity contribution in [3.63, 3.8) is 0 Å². The fraction of sp³-hybridized carbons (Fsp3) is 0.857. The van der Waals surface area contributed by atoms with Crippen molar-refractivity contribution in [2.24, 2.45) is 4.36 Å². The predicted molar refractivity (Wildman–Crippen MR) is 47.0 cm³/mol. The van der Waals surface area contributed by atoms with Gasteiger partial charge in [0.05, 0.1) is 0 Å². The van der Waals surface area contributed by atoms with E-state index >= 15 is 0 Å². The third-order valence-electron chi connectivity index (χ3n) is 1.08. The molecule has 1 unspecified atom stereocenters. The summed E-state index contributed by atoms with van der Waals surface area (Å²) in [5.74, 6) is -0.277. The molecule has 66 valence electrons. The average molecular weight is 177 g/mol. The van der Waals surface area contributed by atoms with Gasteiger partial charge in [0.15, 0.2) is 0 Å². The quantitative estimate of drug-likeness (QED) is 0.615. The zero-order valence-corrected chi connectivity index (χ0v) is 8.31. The lowest BCUT2D eigenvalue weighted by molar-refractivity contribution is -0.117. The van der Waals surface area contributed by atoms with Gasteiger partial charge >= 0.3 is 0 Å². The van der Waals surface area contributed by atoms with Crippen LogP contribution in [0.5, 0.6) is 0 Å². The Morgan fingerprint density at radius 1 is 1.45 bits per heavy atom. The number of thiol groups is 1. The van der Waals surface area contributed by atoms with Crippen LogP contribution in [-0.4, -0.2) is 14.9 Å². The minimum absolute atomic E-state index is 0.277. The zero-order valence-electron chi connectivity index (χ0n) is 7.42. The molecule has 0 spiro atoms. The second-order valence-corrected chi connectivity index (χ2v) is 5.38. The molecule has 0 aliphatic carbocycles. The van der Waals surface area contributed by atoms with Crippen LogP contribution in [0.1, 0.15) is 34.1 Å². The van der Waals surface area contributed by atoms with Crippen LogP contribution >= 0.6 is 0 Å². The SMILES string of the molecule is CCC(=O)/N=[SH](=O)/C(C)(C)C. The standard InChI is InChI=1S/C7H15NO2S/c1-5-6(9)8-11(10)7(2,3)4/h11H,5H2,1-4H3. The summed E-state index contributed by atoms with van der Waals surface area (Å²) in [4.78, 5) is 10.7. The van der Waals surface area contributed by atoms with E-state index in [0.29, 0.717) is 6.42 Å². The molecule has 0 aliphatic rings. The van der Waals surface area contributed by atoms with Crippen LogP contribution in [0.25, 0.3) is 0 Å². The first-order valence-electron chi connectivity index (χ1n) is 3.59. The molecule has 0 aromatic rings. The second-order valence-electron chi connectivity index (χ2n) is 3.29. The van der Waals surface area contributed by atoms with Crippen LogP contribution in [0.4, 0.5) is 0 Å². The Kier molecular flexibility index (Phi) is 3.72. The molecule has 0 heterocycles. The van der Waals surface area contributed by atoms with Crippen molar-refractivity contribution < 1.29 is 9.00 Å². The van der Waals surface area contributed by atoms with Gasteiger partial charge in [0.1, 0.15) is 0 Å². The second kappa shape index (κ2) is 3.85. The van der Waals surface area contributed by atoms with Gasteiger partial charge in [-0.3, -0.25) is 9.00 Å². The molecule has 0 aromatic carbocycles. The Labute approximate surface area is 69.4 Å². The molecule has 0 rings (SSSR count). The van der Waals surface area contributed by atoms with Gasteiger partial charge in [0.25, 0.3) is 5.91 Å². The van der Waals surface area contributed by atoms with Crippen LogP contribution in [0, 0.1) is 0 Å². The molecule has 11 heavy (non-hydrogen) atoms. The molecule has 0 aromatic heterocycles. The number of carbonyl (C=O) groups excluding carboxylic acids is 1. The van der Waals surface area contributed by atoms with Crippen LogP contribution in [0.2, 0.25) is 0 Å². The molecular formula is C7H15NO2S. The maximum atomic E-state index is 11.2. The Hall–Kier alpha value is -0.380. The number of carbonyl (C=O) groups is 1. The van der Waals surface area contributed by atoms with Gasteiger partial charge in [-0.05, 0) is 20.8 Å². The molecule has 1 amide bonds. The predicted octanol–water partition coefficient (Wildman–Crippen LogP) is 1.39. The van der Waals surface area contributed by atoms with Crippen LogP contribution < -0.4 is 0 Å². The minimum Gasteiger partial charge on any atom is -0.272 e. The molecule has 0 bridgehead atoms. The van der Waals surface area contributed by atoms with E-state index in [-0.39, 0.29) is 10.7 Å². The third-order valence-corrected chi connectivity index (χ3v) is 2.63. The summed E-state index contributed by atoms with van der Waals surface area (Å²) >= 11 is 0. The maximum absolute atomic E-state index is 11.2. The van der Waals surface area contributed by atoms with Gasteiger partial charge in [0.2, 0.25) is 0 Å². The highest BCUT2D eigenvalue weighted by Gasteiger charge is 2.12. The van der Waals surface area contributed by atoms with Crippen molar-refractivity contribution >= 4 is 16.5 Å².